The van der Waals surface area contributed by atoms with Crippen molar-refractivity contribution in [2.24, 2.45) is 17.1 Å². The SMILES string of the molecule is CCC1CCC(CN)(Cc2c(Cl)cccc2Cl)CC1. The minimum atomic E-state index is 0.195. The van der Waals surface area contributed by atoms with E-state index in [9.17, 15) is 0 Å². The van der Waals surface area contributed by atoms with Crippen LogP contribution in [0.5, 0.6) is 0 Å². The summed E-state index contributed by atoms with van der Waals surface area (Å²) in [5.74, 6) is 0.876. The maximum absolute atomic E-state index is 6.30. The second kappa shape index (κ2) is 6.47. The predicted molar refractivity (Wildman–Crippen MR) is 83.9 cm³/mol. The van der Waals surface area contributed by atoms with Crippen LogP contribution in [0, 0.1) is 11.3 Å². The molecule has 1 aromatic carbocycles. The average Bonchev–Trinajstić information content (AvgIpc) is 2.44. The Hall–Kier alpha value is -0.240. The van der Waals surface area contributed by atoms with Crippen molar-refractivity contribution >= 4 is 23.2 Å². The molecule has 0 unspecified atom stereocenters. The quantitative estimate of drug-likeness (QED) is 0.824. The van der Waals surface area contributed by atoms with E-state index in [1.807, 2.05) is 18.2 Å². The van der Waals surface area contributed by atoms with Crippen LogP contribution < -0.4 is 5.73 Å². The monoisotopic (exact) mass is 299 g/mol. The van der Waals surface area contributed by atoms with E-state index in [0.717, 1.165) is 34.5 Å². The molecule has 0 spiro atoms. The summed E-state index contributed by atoms with van der Waals surface area (Å²) in [6.45, 7) is 3.01. The molecule has 3 heteroatoms. The molecule has 2 N–H and O–H groups in total. The van der Waals surface area contributed by atoms with Gasteiger partial charge in [0.05, 0.1) is 0 Å². The van der Waals surface area contributed by atoms with Gasteiger partial charge in [0.15, 0.2) is 0 Å². The van der Waals surface area contributed by atoms with Gasteiger partial charge in [-0.1, -0.05) is 42.6 Å². The number of rotatable bonds is 4. The molecule has 2 rings (SSSR count). The van der Waals surface area contributed by atoms with Crippen molar-refractivity contribution < 1.29 is 0 Å². The Morgan fingerprint density at radius 1 is 1.21 bits per heavy atom. The first-order valence-electron chi connectivity index (χ1n) is 7.23. The van der Waals surface area contributed by atoms with Gasteiger partial charge in [-0.2, -0.15) is 0 Å². The van der Waals surface area contributed by atoms with Gasteiger partial charge in [0.25, 0.3) is 0 Å². The third-order valence-electron chi connectivity index (χ3n) is 4.79. The first kappa shape index (κ1) is 15.2. The van der Waals surface area contributed by atoms with E-state index in [0.29, 0.717) is 0 Å². The second-order valence-electron chi connectivity index (χ2n) is 5.93. The summed E-state index contributed by atoms with van der Waals surface area (Å²) in [5.41, 5.74) is 7.36. The summed E-state index contributed by atoms with van der Waals surface area (Å²) in [7, 11) is 0. The average molecular weight is 300 g/mol. The third kappa shape index (κ3) is 3.45. The zero-order valence-corrected chi connectivity index (χ0v) is 13.1. The second-order valence-corrected chi connectivity index (χ2v) is 6.75. The largest absolute Gasteiger partial charge is 0.330 e. The number of nitrogens with two attached hydrogens (primary N) is 1. The molecular formula is C16H23Cl2N. The Bertz CT molecular complexity index is 403. The van der Waals surface area contributed by atoms with Gasteiger partial charge < -0.3 is 5.73 Å². The van der Waals surface area contributed by atoms with Crippen molar-refractivity contribution in [2.75, 3.05) is 6.54 Å². The maximum atomic E-state index is 6.30. The number of hydrogen-bond donors (Lipinski definition) is 1. The minimum Gasteiger partial charge on any atom is -0.330 e. The van der Waals surface area contributed by atoms with E-state index in [1.165, 1.54) is 32.1 Å². The van der Waals surface area contributed by atoms with Crippen LogP contribution in [0.15, 0.2) is 18.2 Å². The van der Waals surface area contributed by atoms with Crippen LogP contribution in [-0.4, -0.2) is 6.54 Å². The molecule has 0 radical (unpaired) electrons. The zero-order chi connectivity index (χ0) is 13.9. The van der Waals surface area contributed by atoms with Crippen LogP contribution in [0.3, 0.4) is 0 Å². The van der Waals surface area contributed by atoms with Gasteiger partial charge in [0, 0.05) is 10.0 Å². The lowest BCUT2D eigenvalue weighted by Crippen LogP contribution is -2.37. The Morgan fingerprint density at radius 3 is 2.26 bits per heavy atom. The molecule has 19 heavy (non-hydrogen) atoms. The minimum absolute atomic E-state index is 0.195. The molecule has 1 aliphatic rings. The third-order valence-corrected chi connectivity index (χ3v) is 5.50. The first-order valence-corrected chi connectivity index (χ1v) is 7.99. The van der Waals surface area contributed by atoms with Crippen LogP contribution in [0.4, 0.5) is 0 Å². The van der Waals surface area contributed by atoms with Crippen molar-refractivity contribution in [3.8, 4) is 0 Å². The van der Waals surface area contributed by atoms with E-state index < -0.39 is 0 Å². The molecule has 0 heterocycles. The molecule has 1 aliphatic carbocycles. The fraction of sp³-hybridized carbons (Fsp3) is 0.625. The van der Waals surface area contributed by atoms with E-state index >= 15 is 0 Å². The van der Waals surface area contributed by atoms with Gasteiger partial charge in [-0.05, 0) is 67.7 Å². The molecule has 1 nitrogen and oxygen atoms in total. The van der Waals surface area contributed by atoms with Crippen molar-refractivity contribution in [2.45, 2.75) is 45.4 Å². The molecule has 0 aromatic heterocycles. The first-order chi connectivity index (χ1) is 9.10. The van der Waals surface area contributed by atoms with Crippen LogP contribution in [-0.2, 0) is 6.42 Å². The van der Waals surface area contributed by atoms with Gasteiger partial charge in [-0.25, -0.2) is 0 Å². The predicted octanol–water partition coefficient (Wildman–Crippen LogP) is 5.08. The number of hydrogen-bond acceptors (Lipinski definition) is 1. The smallest absolute Gasteiger partial charge is 0.0453 e. The number of benzene rings is 1. The Labute approximate surface area is 126 Å². The van der Waals surface area contributed by atoms with Gasteiger partial charge >= 0.3 is 0 Å². The van der Waals surface area contributed by atoms with Crippen LogP contribution >= 0.6 is 23.2 Å². The molecule has 0 aliphatic heterocycles. The standard InChI is InChI=1S/C16H23Cl2N/c1-2-12-6-8-16(11-19,9-7-12)10-13-14(17)4-3-5-15(13)18/h3-5,12H,2,6-11,19H2,1H3. The summed E-state index contributed by atoms with van der Waals surface area (Å²) in [5, 5.41) is 1.55. The molecule has 1 fully saturated rings. The molecule has 0 atom stereocenters. The van der Waals surface area contributed by atoms with Crippen LogP contribution in [0.25, 0.3) is 0 Å². The molecule has 0 bridgehead atoms. The summed E-state index contributed by atoms with van der Waals surface area (Å²) in [6, 6.07) is 5.74. The molecule has 1 saturated carbocycles. The van der Waals surface area contributed by atoms with E-state index in [1.54, 1.807) is 0 Å². The highest BCUT2D eigenvalue weighted by Crippen LogP contribution is 2.43. The lowest BCUT2D eigenvalue weighted by molar-refractivity contribution is 0.154. The number of halogens is 2. The van der Waals surface area contributed by atoms with Gasteiger partial charge in [-0.3, -0.25) is 0 Å². The highest BCUT2D eigenvalue weighted by atomic mass is 35.5. The molecular weight excluding hydrogens is 277 g/mol. The fourth-order valence-corrected chi connectivity index (χ4v) is 3.76. The Kier molecular flexibility index (Phi) is 5.16. The summed E-state index contributed by atoms with van der Waals surface area (Å²) >= 11 is 12.6. The highest BCUT2D eigenvalue weighted by Gasteiger charge is 2.34. The van der Waals surface area contributed by atoms with E-state index in [4.69, 9.17) is 28.9 Å². The Morgan fingerprint density at radius 2 is 1.79 bits per heavy atom. The zero-order valence-electron chi connectivity index (χ0n) is 11.6. The van der Waals surface area contributed by atoms with Crippen LogP contribution in [0.2, 0.25) is 10.0 Å². The Balaban J connectivity index is 2.15. The summed E-state index contributed by atoms with van der Waals surface area (Å²) < 4.78 is 0. The molecule has 106 valence electrons. The van der Waals surface area contributed by atoms with Crippen molar-refractivity contribution in [1.82, 2.24) is 0 Å². The molecule has 1 aromatic rings. The van der Waals surface area contributed by atoms with Gasteiger partial charge in [-0.15, -0.1) is 0 Å². The highest BCUT2D eigenvalue weighted by molar-refractivity contribution is 6.36. The fourth-order valence-electron chi connectivity index (χ4n) is 3.23. The summed E-state index contributed by atoms with van der Waals surface area (Å²) in [6.07, 6.45) is 7.17. The maximum Gasteiger partial charge on any atom is 0.0453 e. The van der Waals surface area contributed by atoms with Crippen LogP contribution in [0.1, 0.15) is 44.6 Å². The van der Waals surface area contributed by atoms with Gasteiger partial charge in [0.2, 0.25) is 0 Å². The summed E-state index contributed by atoms with van der Waals surface area (Å²) in [4.78, 5) is 0. The lowest BCUT2D eigenvalue weighted by atomic mass is 9.67. The van der Waals surface area contributed by atoms with Crippen molar-refractivity contribution in [1.29, 1.82) is 0 Å². The van der Waals surface area contributed by atoms with Crippen molar-refractivity contribution in [3.05, 3.63) is 33.8 Å². The lowest BCUT2D eigenvalue weighted by Gasteiger charge is -2.40. The molecule has 0 saturated heterocycles. The van der Waals surface area contributed by atoms with E-state index in [2.05, 4.69) is 6.92 Å². The van der Waals surface area contributed by atoms with Crippen molar-refractivity contribution in [3.63, 3.8) is 0 Å². The van der Waals surface area contributed by atoms with E-state index in [-0.39, 0.29) is 5.41 Å². The topological polar surface area (TPSA) is 26.0 Å². The molecule has 0 amide bonds. The normalized spacial score (nSPS) is 27.5. The van der Waals surface area contributed by atoms with Gasteiger partial charge in [0.1, 0.15) is 0 Å².